The monoisotopic (exact) mass is 372 g/mol. The molecule has 1 aliphatic carbocycles. The molecule has 2 aliphatic rings. The van der Waals surface area contributed by atoms with E-state index in [1.165, 1.54) is 25.7 Å². The second-order valence-electron chi connectivity index (χ2n) is 6.29. The van der Waals surface area contributed by atoms with Gasteiger partial charge in [0.1, 0.15) is 0 Å². The number of sulfonamides is 1. The van der Waals surface area contributed by atoms with Crippen LogP contribution in [0.3, 0.4) is 0 Å². The minimum Gasteiger partial charge on any atom is -0.398 e. The van der Waals surface area contributed by atoms with Crippen LogP contribution in [0.2, 0.25) is 0 Å². The Balaban J connectivity index is 1.78. The second-order valence-corrected chi connectivity index (χ2v) is 9.09. The van der Waals surface area contributed by atoms with Crippen molar-refractivity contribution in [1.29, 1.82) is 0 Å². The zero-order valence-electron chi connectivity index (χ0n) is 12.0. The molecule has 0 atom stereocenters. The molecule has 0 bridgehead atoms. The number of rotatable bonds is 2. The summed E-state index contributed by atoms with van der Waals surface area (Å²) in [4.78, 5) is 0.325. The number of piperidine rings is 1. The van der Waals surface area contributed by atoms with Crippen LogP contribution in [0, 0.1) is 5.41 Å². The van der Waals surface area contributed by atoms with Gasteiger partial charge in [-0.15, -0.1) is 0 Å². The highest BCUT2D eigenvalue weighted by atomic mass is 79.9. The van der Waals surface area contributed by atoms with Crippen molar-refractivity contribution >= 4 is 31.6 Å². The fraction of sp³-hybridized carbons (Fsp3) is 0.600. The molecule has 21 heavy (non-hydrogen) atoms. The van der Waals surface area contributed by atoms with Crippen molar-refractivity contribution < 1.29 is 8.42 Å². The smallest absolute Gasteiger partial charge is 0.243 e. The van der Waals surface area contributed by atoms with Crippen LogP contribution in [0.1, 0.15) is 38.5 Å². The van der Waals surface area contributed by atoms with Crippen LogP contribution in [-0.4, -0.2) is 25.8 Å². The molecule has 2 fully saturated rings. The maximum Gasteiger partial charge on any atom is 0.243 e. The Morgan fingerprint density at radius 3 is 2.29 bits per heavy atom. The molecule has 3 rings (SSSR count). The lowest BCUT2D eigenvalue weighted by atomic mass is 9.78. The standard InChI is InChI=1S/C15H21BrN2O2S/c16-13-11-12(3-4-14(13)17)21(19,20)18-9-7-15(8-10-18)5-1-2-6-15/h3-4,11H,1-2,5-10,17H2. The third-order valence-corrected chi connectivity index (χ3v) is 7.64. The molecule has 0 unspecified atom stereocenters. The van der Waals surface area contributed by atoms with Crippen LogP contribution in [-0.2, 0) is 10.0 Å². The lowest BCUT2D eigenvalue weighted by molar-refractivity contribution is 0.160. The van der Waals surface area contributed by atoms with Gasteiger partial charge in [0.15, 0.2) is 0 Å². The fourth-order valence-electron chi connectivity index (χ4n) is 3.64. The molecule has 1 aromatic rings. The van der Waals surface area contributed by atoms with Crippen molar-refractivity contribution in [3.8, 4) is 0 Å². The average Bonchev–Trinajstić information content (AvgIpc) is 2.90. The van der Waals surface area contributed by atoms with Gasteiger partial charge in [-0.3, -0.25) is 0 Å². The Hall–Kier alpha value is -0.590. The Bertz CT molecular complexity index is 629. The van der Waals surface area contributed by atoms with Gasteiger partial charge < -0.3 is 5.73 Å². The molecule has 1 aromatic carbocycles. The number of halogens is 1. The maximum absolute atomic E-state index is 12.7. The van der Waals surface area contributed by atoms with E-state index >= 15 is 0 Å². The minimum absolute atomic E-state index is 0.325. The molecular formula is C15H21BrN2O2S. The first-order valence-corrected chi connectivity index (χ1v) is 9.72. The molecule has 6 heteroatoms. The van der Waals surface area contributed by atoms with Crippen LogP contribution in [0.5, 0.6) is 0 Å². The lowest BCUT2D eigenvalue weighted by Gasteiger charge is -2.38. The fourth-order valence-corrected chi connectivity index (χ4v) is 5.64. The zero-order chi connectivity index (χ0) is 15.1. The van der Waals surface area contributed by atoms with Gasteiger partial charge in [-0.1, -0.05) is 12.8 Å². The summed E-state index contributed by atoms with van der Waals surface area (Å²) in [5.41, 5.74) is 6.71. The first-order valence-electron chi connectivity index (χ1n) is 7.48. The van der Waals surface area contributed by atoms with Crippen LogP contribution in [0.25, 0.3) is 0 Å². The summed E-state index contributed by atoms with van der Waals surface area (Å²) in [7, 11) is -3.40. The lowest BCUT2D eigenvalue weighted by Crippen LogP contribution is -2.42. The molecule has 1 aliphatic heterocycles. The molecular weight excluding hydrogens is 352 g/mol. The van der Waals surface area contributed by atoms with Gasteiger partial charge in [-0.2, -0.15) is 4.31 Å². The average molecular weight is 373 g/mol. The van der Waals surface area contributed by atoms with Gasteiger partial charge >= 0.3 is 0 Å². The van der Waals surface area contributed by atoms with E-state index in [2.05, 4.69) is 15.9 Å². The predicted octanol–water partition coefficient (Wildman–Crippen LogP) is 3.38. The van der Waals surface area contributed by atoms with Crippen LogP contribution in [0.15, 0.2) is 27.6 Å². The van der Waals surface area contributed by atoms with Gasteiger partial charge in [-0.05, 0) is 65.2 Å². The molecule has 0 amide bonds. The van der Waals surface area contributed by atoms with E-state index in [0.29, 0.717) is 33.6 Å². The molecule has 1 saturated carbocycles. The van der Waals surface area contributed by atoms with Gasteiger partial charge in [0.25, 0.3) is 0 Å². The van der Waals surface area contributed by atoms with E-state index in [1.807, 2.05) is 0 Å². The zero-order valence-corrected chi connectivity index (χ0v) is 14.4. The van der Waals surface area contributed by atoms with Crippen molar-refractivity contribution in [2.45, 2.75) is 43.4 Å². The molecule has 0 aromatic heterocycles. The summed E-state index contributed by atoms with van der Waals surface area (Å²) < 4.78 is 27.7. The van der Waals surface area contributed by atoms with E-state index < -0.39 is 10.0 Å². The summed E-state index contributed by atoms with van der Waals surface area (Å²) in [5.74, 6) is 0. The van der Waals surface area contributed by atoms with Crippen LogP contribution in [0.4, 0.5) is 5.69 Å². The quantitative estimate of drug-likeness (QED) is 0.809. The molecule has 116 valence electrons. The van der Waals surface area contributed by atoms with Gasteiger partial charge in [0.05, 0.1) is 4.90 Å². The summed E-state index contributed by atoms with van der Waals surface area (Å²) in [6.45, 7) is 1.29. The number of nitrogen functional groups attached to an aromatic ring is 1. The highest BCUT2D eigenvalue weighted by molar-refractivity contribution is 9.10. The largest absolute Gasteiger partial charge is 0.398 e. The van der Waals surface area contributed by atoms with Gasteiger partial charge in [0.2, 0.25) is 10.0 Å². The molecule has 1 saturated heterocycles. The number of hydrogen-bond acceptors (Lipinski definition) is 3. The summed E-state index contributed by atoms with van der Waals surface area (Å²) in [6.07, 6.45) is 7.16. The first-order chi connectivity index (χ1) is 9.93. The Morgan fingerprint density at radius 2 is 1.71 bits per heavy atom. The summed E-state index contributed by atoms with van der Waals surface area (Å²) in [5, 5.41) is 0. The van der Waals surface area contributed by atoms with Gasteiger partial charge in [-0.25, -0.2) is 8.42 Å². The van der Waals surface area contributed by atoms with Crippen LogP contribution < -0.4 is 5.73 Å². The number of anilines is 1. The van der Waals surface area contributed by atoms with E-state index in [9.17, 15) is 8.42 Å². The third-order valence-electron chi connectivity index (χ3n) is 5.06. The van der Waals surface area contributed by atoms with Crippen molar-refractivity contribution in [1.82, 2.24) is 4.31 Å². The van der Waals surface area contributed by atoms with Crippen molar-refractivity contribution in [2.75, 3.05) is 18.8 Å². The van der Waals surface area contributed by atoms with E-state index in [-0.39, 0.29) is 0 Å². The first kappa shape index (κ1) is 15.3. The second kappa shape index (κ2) is 5.56. The molecule has 0 radical (unpaired) electrons. The van der Waals surface area contributed by atoms with E-state index in [0.717, 1.165) is 12.8 Å². The molecule has 1 heterocycles. The Labute approximate surface area is 134 Å². The number of nitrogens with zero attached hydrogens (tertiary/aromatic N) is 1. The molecule has 1 spiro atoms. The Morgan fingerprint density at radius 1 is 1.10 bits per heavy atom. The molecule has 4 nitrogen and oxygen atoms in total. The maximum atomic E-state index is 12.7. The number of benzene rings is 1. The van der Waals surface area contributed by atoms with E-state index in [4.69, 9.17) is 5.73 Å². The summed E-state index contributed by atoms with van der Waals surface area (Å²) in [6, 6.07) is 4.83. The Kier molecular flexibility index (Phi) is 4.05. The highest BCUT2D eigenvalue weighted by Crippen LogP contribution is 2.46. The molecule has 2 N–H and O–H groups in total. The minimum atomic E-state index is -3.40. The van der Waals surface area contributed by atoms with Crippen molar-refractivity contribution in [3.63, 3.8) is 0 Å². The van der Waals surface area contributed by atoms with Crippen molar-refractivity contribution in [2.24, 2.45) is 5.41 Å². The van der Waals surface area contributed by atoms with Gasteiger partial charge in [0, 0.05) is 23.2 Å². The SMILES string of the molecule is Nc1ccc(S(=O)(=O)N2CCC3(CCCC3)CC2)cc1Br. The van der Waals surface area contributed by atoms with Crippen molar-refractivity contribution in [3.05, 3.63) is 22.7 Å². The third kappa shape index (κ3) is 2.85. The highest BCUT2D eigenvalue weighted by Gasteiger charge is 2.40. The topological polar surface area (TPSA) is 63.4 Å². The summed E-state index contributed by atoms with van der Waals surface area (Å²) >= 11 is 3.30. The normalized spacial score (nSPS) is 22.7. The van der Waals surface area contributed by atoms with Crippen LogP contribution >= 0.6 is 15.9 Å². The van der Waals surface area contributed by atoms with E-state index in [1.54, 1.807) is 22.5 Å². The predicted molar refractivity (Wildman–Crippen MR) is 87.4 cm³/mol. The number of hydrogen-bond donors (Lipinski definition) is 1. The number of nitrogens with two attached hydrogens (primary N) is 1.